The first-order chi connectivity index (χ1) is 39.5. The molecule has 0 saturated carbocycles. The Morgan fingerprint density at radius 2 is 1.10 bits per heavy atom. The summed E-state index contributed by atoms with van der Waals surface area (Å²) >= 11 is 8.50. The number of aryl methyl sites for hydroxylation is 3. The highest BCUT2D eigenvalue weighted by Gasteiger charge is 2.28. The molecule has 0 atom stereocenters. The number of fused-ring (bicyclic) bond motifs is 3. The predicted molar refractivity (Wildman–Crippen MR) is 317 cm³/mol. The molecule has 0 aliphatic carbocycles. The molecule has 0 fully saturated rings. The Labute approximate surface area is 496 Å². The molecule has 2 heterocycles. The number of methoxy groups -OCH3 is 1. The Morgan fingerprint density at radius 1 is 0.607 bits per heavy atom. The van der Waals surface area contributed by atoms with Gasteiger partial charge in [-0.2, -0.15) is 59.4 Å². The summed E-state index contributed by atoms with van der Waals surface area (Å²) in [6.45, 7) is 6.57. The van der Waals surface area contributed by atoms with Crippen LogP contribution < -0.4 is 9.47 Å². The van der Waals surface area contributed by atoms with Gasteiger partial charge in [-0.15, -0.1) is 44.0 Å². The Morgan fingerprint density at radius 3 is 1.61 bits per heavy atom. The molecule has 26 nitrogen and oxygen atoms in total. The van der Waals surface area contributed by atoms with Crippen molar-refractivity contribution >= 4 is 138 Å². The van der Waals surface area contributed by atoms with E-state index in [0.717, 1.165) is 4.40 Å². The molecule has 0 aliphatic heterocycles. The number of azo groups is 4. The number of aromatic nitrogens is 2. The molecule has 0 radical (unpaired) electrons. The van der Waals surface area contributed by atoms with Gasteiger partial charge in [0.05, 0.1) is 70.6 Å². The number of hydrogen-bond acceptors (Lipinski definition) is 23. The number of nitrogens with zero attached hydrogens (tertiary/aromatic N) is 11. The number of unbranched alkanes of at least 4 members (excludes halogenated alkanes) is 1. The topological polar surface area (TPSA) is 396 Å². The van der Waals surface area contributed by atoms with Gasteiger partial charge in [-0.05, 0) is 148 Å². The summed E-state index contributed by atoms with van der Waals surface area (Å²) in [6.07, 6.45) is 0.338. The van der Waals surface area contributed by atoms with Crippen LogP contribution in [0.4, 0.5) is 45.5 Å². The van der Waals surface area contributed by atoms with Crippen molar-refractivity contribution in [3.05, 3.63) is 106 Å². The molecule has 84 heavy (non-hydrogen) atoms. The third kappa shape index (κ3) is 17.1. The quantitative estimate of drug-likeness (QED) is 0.0145. The maximum absolute atomic E-state index is 12.5. The first-order valence-corrected chi connectivity index (χ1v) is 33.4. The second-order valence-electron chi connectivity index (χ2n) is 18.4. The summed E-state index contributed by atoms with van der Waals surface area (Å²) in [5.41, 5.74) is 3.32. The number of halogens is 1. The molecule has 0 saturated heterocycles. The van der Waals surface area contributed by atoms with Gasteiger partial charge in [-0.3, -0.25) is 22.6 Å². The zero-order valence-corrected chi connectivity index (χ0v) is 50.7. The highest BCUT2D eigenvalue weighted by molar-refractivity contribution is 7.99. The van der Waals surface area contributed by atoms with E-state index in [2.05, 4.69) is 45.9 Å². The van der Waals surface area contributed by atoms with Crippen molar-refractivity contribution in [2.24, 2.45) is 40.9 Å². The minimum absolute atomic E-state index is 0.0199. The molecule has 0 unspecified atom stereocenters. The van der Waals surface area contributed by atoms with Crippen LogP contribution >= 0.6 is 35.1 Å². The van der Waals surface area contributed by atoms with Gasteiger partial charge >= 0.3 is 0 Å². The Kier molecular flexibility index (Phi) is 21.0. The van der Waals surface area contributed by atoms with Gasteiger partial charge in [-0.25, -0.2) is 4.98 Å². The van der Waals surface area contributed by atoms with E-state index in [4.69, 9.17) is 21.1 Å². The van der Waals surface area contributed by atoms with Gasteiger partial charge in [0.2, 0.25) is 5.88 Å². The average Bonchev–Trinajstić information content (AvgIpc) is 2.10. The smallest absolute Gasteiger partial charge is 0.300 e. The van der Waals surface area contributed by atoms with Gasteiger partial charge in [0.1, 0.15) is 34.3 Å². The van der Waals surface area contributed by atoms with Gasteiger partial charge in [0, 0.05) is 26.4 Å². The molecule has 5 aromatic carbocycles. The van der Waals surface area contributed by atoms with E-state index < -0.39 is 68.5 Å². The average molecular weight is 1290 g/mol. The van der Waals surface area contributed by atoms with E-state index in [1.54, 1.807) is 69.3 Å². The van der Waals surface area contributed by atoms with Gasteiger partial charge < -0.3 is 14.6 Å². The highest BCUT2D eigenvalue weighted by Crippen LogP contribution is 2.45. The van der Waals surface area contributed by atoms with E-state index >= 15 is 0 Å². The van der Waals surface area contributed by atoms with Crippen LogP contribution in [0.15, 0.2) is 128 Å². The maximum Gasteiger partial charge on any atom is 0.300 e. The molecule has 0 bridgehead atoms. The van der Waals surface area contributed by atoms with Crippen molar-refractivity contribution in [2.45, 2.75) is 68.1 Å². The molecule has 7 rings (SSSR count). The van der Waals surface area contributed by atoms with Crippen LogP contribution in [0, 0.1) is 39.0 Å². The molecule has 33 heteroatoms. The van der Waals surface area contributed by atoms with E-state index in [-0.39, 0.29) is 100 Å². The number of aromatic hydroxyl groups is 1. The largest absolute Gasteiger partial charge is 0.495 e. The summed E-state index contributed by atoms with van der Waals surface area (Å²) in [5.74, 6) is -1.86. The number of hydrogen-bond donors (Lipinski definition) is 5. The molecule has 0 amide bonds. The van der Waals surface area contributed by atoms with Crippen LogP contribution in [-0.4, -0.2) is 109 Å². The van der Waals surface area contributed by atoms with E-state index in [1.807, 2.05) is 6.07 Å². The van der Waals surface area contributed by atoms with Crippen molar-refractivity contribution in [2.75, 3.05) is 42.5 Å². The standard InChI is InChI=1S/C51H52ClN11O15S6/c1-29-22-39(59-62-47-32(4)35(28-53)50-54-48-42(63(50)51(47)64)14-15-43(77-5)49(48)84(74,75)76)44(78-16-6-7-19-81(65,66)67)25-36(29)57-60-40-24-31(3)38(27-46(40)80-18-9-21-83(71,72)73)58-61-41-23-30(2)37(56-55-34-12-10-33(52)11-13-34)26-45(41)79-17-8-20-82(68,69)70/h10-15,22-27,64H,6-9,16-21H2,1-5H3,(H,65,66,67)(H,68,69,70)(H,71,72,73)(H,74,75,76). The van der Waals surface area contributed by atoms with Gasteiger partial charge in [-0.1, -0.05) is 11.6 Å². The Hall–Kier alpha value is -7.03. The van der Waals surface area contributed by atoms with Crippen LogP contribution in [-0.2, 0) is 40.5 Å². The molecular weight excluding hydrogens is 1230 g/mol. The van der Waals surface area contributed by atoms with Crippen molar-refractivity contribution < 1.29 is 66.5 Å². The first-order valence-electron chi connectivity index (χ1n) is 24.8. The number of benzene rings is 5. The zero-order valence-electron chi connectivity index (χ0n) is 45.1. The van der Waals surface area contributed by atoms with Crippen molar-refractivity contribution in [1.82, 2.24) is 9.38 Å². The summed E-state index contributed by atoms with van der Waals surface area (Å²) in [7, 11) is -16.5. The van der Waals surface area contributed by atoms with Crippen molar-refractivity contribution in [3.8, 4) is 23.4 Å². The summed E-state index contributed by atoms with van der Waals surface area (Å²) in [4.78, 5) is 4.65. The second kappa shape index (κ2) is 27.3. The third-order valence-corrected chi connectivity index (χ3v) is 17.9. The zero-order chi connectivity index (χ0) is 61.3. The van der Waals surface area contributed by atoms with Crippen molar-refractivity contribution in [1.29, 1.82) is 5.26 Å². The minimum Gasteiger partial charge on any atom is -0.495 e. The maximum atomic E-state index is 12.5. The highest BCUT2D eigenvalue weighted by atomic mass is 35.5. The lowest BCUT2D eigenvalue weighted by Crippen LogP contribution is -2.06. The fourth-order valence-electron chi connectivity index (χ4n) is 7.95. The lowest BCUT2D eigenvalue weighted by molar-refractivity contribution is 0.310. The lowest BCUT2D eigenvalue weighted by Gasteiger charge is -2.12. The fraction of sp³-hybridized carbons (Fsp3) is 0.294. The monoisotopic (exact) mass is 1290 g/mol. The van der Waals surface area contributed by atoms with Crippen LogP contribution in [0.2, 0.25) is 5.02 Å². The fourth-order valence-corrected chi connectivity index (χ4v) is 12.7. The number of pyridine rings is 1. The van der Waals surface area contributed by atoms with Crippen LogP contribution in [0.3, 0.4) is 0 Å². The summed E-state index contributed by atoms with van der Waals surface area (Å²) in [5, 5.41) is 58.3. The number of imidazole rings is 1. The van der Waals surface area contributed by atoms with E-state index in [1.165, 1.54) is 61.8 Å². The summed E-state index contributed by atoms with van der Waals surface area (Å²) in [6, 6.07) is 21.2. The van der Waals surface area contributed by atoms with Crippen LogP contribution in [0.25, 0.3) is 16.7 Å². The van der Waals surface area contributed by atoms with Crippen molar-refractivity contribution in [3.63, 3.8) is 0 Å². The minimum atomic E-state index is -4.95. The SMILES string of the molecule is COc1ccc2c(nc3c(C#N)c(C)c(N=Nc4cc(C)c(N=Nc5cc(C)c(N=Nc6cc(C)c(N=Nc7ccc(Cl)cc7)cc6SCCCS(=O)(=O)O)cc5SCCCS(=O)(=O)O)cc4OCCCCS(=O)(=O)O)c(O)n32)c1S(=O)(=O)O. The Balaban J connectivity index is 1.27. The van der Waals surface area contributed by atoms with Crippen LogP contribution in [0.5, 0.6) is 17.4 Å². The first kappa shape index (κ1) is 64.5. The molecular formula is C51H52ClN11O15S6. The number of nitriles is 1. The molecule has 444 valence electrons. The third-order valence-electron chi connectivity index (χ3n) is 12.1. The molecule has 0 spiro atoms. The lowest BCUT2D eigenvalue weighted by atomic mass is 10.1. The molecule has 0 aliphatic rings. The normalized spacial score (nSPS) is 12.7. The number of ether oxygens (including phenoxy) is 2. The van der Waals surface area contributed by atoms with Crippen LogP contribution in [0.1, 0.15) is 53.5 Å². The Bertz CT molecular complexity index is 4330. The second-order valence-corrected chi connectivity index (χ2v) is 27.2. The number of rotatable bonds is 26. The van der Waals surface area contributed by atoms with Gasteiger partial charge in [0.25, 0.3) is 40.5 Å². The molecule has 7 aromatic rings. The van der Waals surface area contributed by atoms with Gasteiger partial charge in [0.15, 0.2) is 16.2 Å². The predicted octanol–water partition coefficient (Wildman–Crippen LogP) is 13.7. The molecule has 2 aromatic heterocycles. The van der Waals surface area contributed by atoms with E-state index in [0.29, 0.717) is 59.9 Å². The van der Waals surface area contributed by atoms with E-state index in [9.17, 15) is 62.3 Å². The summed E-state index contributed by atoms with van der Waals surface area (Å²) < 4.78 is 145. The number of thioether (sulfide) groups is 2. The molecule has 5 N–H and O–H groups in total.